The van der Waals surface area contributed by atoms with Gasteiger partial charge in [0.15, 0.2) is 0 Å². The highest BCUT2D eigenvalue weighted by molar-refractivity contribution is 8.00. The first-order valence-electron chi connectivity index (χ1n) is 7.64. The lowest BCUT2D eigenvalue weighted by Crippen LogP contribution is -2.26. The van der Waals surface area contributed by atoms with E-state index in [1.54, 1.807) is 19.2 Å². The number of amides is 2. The topological polar surface area (TPSA) is 67.4 Å². The summed E-state index contributed by atoms with van der Waals surface area (Å²) in [4.78, 5) is 24.7. The van der Waals surface area contributed by atoms with Crippen LogP contribution in [0.3, 0.4) is 0 Å². The molecule has 24 heavy (non-hydrogen) atoms. The van der Waals surface area contributed by atoms with Gasteiger partial charge >= 0.3 is 0 Å². The van der Waals surface area contributed by atoms with Gasteiger partial charge < -0.3 is 15.4 Å². The normalized spacial score (nSPS) is 13.0. The molecule has 6 heteroatoms. The Labute approximate surface area is 144 Å². The van der Waals surface area contributed by atoms with Crippen LogP contribution in [0.15, 0.2) is 47.4 Å². The molecule has 0 aromatic heterocycles. The van der Waals surface area contributed by atoms with Gasteiger partial charge in [0, 0.05) is 17.0 Å². The standard InChI is InChI=1S/C18H18N2O3S/c1-23-15-5-3-2-4-12(15)8-9-19-18(22)13-6-7-16-14(10-13)20-17(21)11-24-16/h2-7,10H,8-9,11H2,1H3,(H,19,22)(H,20,21). The number of fused-ring (bicyclic) bond motifs is 1. The lowest BCUT2D eigenvalue weighted by molar-refractivity contribution is -0.113. The predicted octanol–water partition coefficient (Wildman–Crippen LogP) is 2.71. The highest BCUT2D eigenvalue weighted by atomic mass is 32.2. The molecule has 2 amide bonds. The SMILES string of the molecule is COc1ccccc1CCNC(=O)c1ccc2c(c1)NC(=O)CS2. The van der Waals surface area contributed by atoms with Crippen molar-refractivity contribution in [2.24, 2.45) is 0 Å². The van der Waals surface area contributed by atoms with Crippen molar-refractivity contribution in [3.8, 4) is 5.75 Å². The van der Waals surface area contributed by atoms with Crippen LogP contribution in [-0.4, -0.2) is 31.2 Å². The minimum absolute atomic E-state index is 0.0405. The molecule has 1 aliphatic heterocycles. The number of anilines is 1. The first-order chi connectivity index (χ1) is 11.7. The molecule has 0 radical (unpaired) electrons. The van der Waals surface area contributed by atoms with Crippen LogP contribution < -0.4 is 15.4 Å². The third-order valence-electron chi connectivity index (χ3n) is 3.75. The van der Waals surface area contributed by atoms with Gasteiger partial charge in [0.25, 0.3) is 5.91 Å². The second-order valence-electron chi connectivity index (χ2n) is 5.37. The van der Waals surface area contributed by atoms with Crippen molar-refractivity contribution >= 4 is 29.3 Å². The van der Waals surface area contributed by atoms with Crippen LogP contribution in [0.2, 0.25) is 0 Å². The van der Waals surface area contributed by atoms with Gasteiger partial charge in [-0.25, -0.2) is 0 Å². The Morgan fingerprint density at radius 1 is 1.29 bits per heavy atom. The van der Waals surface area contributed by atoms with E-state index < -0.39 is 0 Å². The molecular formula is C18H18N2O3S. The van der Waals surface area contributed by atoms with Crippen LogP contribution in [0, 0.1) is 0 Å². The van der Waals surface area contributed by atoms with E-state index in [0.717, 1.165) is 16.2 Å². The molecule has 2 N–H and O–H groups in total. The maximum absolute atomic E-state index is 12.3. The summed E-state index contributed by atoms with van der Waals surface area (Å²) in [6, 6.07) is 13.1. The Morgan fingerprint density at radius 2 is 2.12 bits per heavy atom. The Bertz CT molecular complexity index is 777. The quantitative estimate of drug-likeness (QED) is 0.877. The Hall–Kier alpha value is -2.47. The fourth-order valence-electron chi connectivity index (χ4n) is 2.55. The number of carbonyl (C=O) groups is 2. The number of nitrogens with one attached hydrogen (secondary N) is 2. The number of rotatable bonds is 5. The number of benzene rings is 2. The number of carbonyl (C=O) groups excluding carboxylic acids is 2. The van der Waals surface area contributed by atoms with E-state index in [-0.39, 0.29) is 11.8 Å². The fourth-order valence-corrected chi connectivity index (χ4v) is 3.34. The third-order valence-corrected chi connectivity index (χ3v) is 4.82. The molecule has 5 nitrogen and oxygen atoms in total. The lowest BCUT2D eigenvalue weighted by Gasteiger charge is -2.17. The number of methoxy groups -OCH3 is 1. The summed E-state index contributed by atoms with van der Waals surface area (Å²) >= 11 is 1.48. The Kier molecular flexibility index (Phi) is 5.05. The maximum atomic E-state index is 12.3. The zero-order valence-corrected chi connectivity index (χ0v) is 14.1. The Balaban J connectivity index is 1.61. The van der Waals surface area contributed by atoms with Gasteiger partial charge in [0.05, 0.1) is 18.6 Å². The van der Waals surface area contributed by atoms with Crippen molar-refractivity contribution in [3.63, 3.8) is 0 Å². The van der Waals surface area contributed by atoms with E-state index in [4.69, 9.17) is 4.74 Å². The molecular weight excluding hydrogens is 324 g/mol. The molecule has 0 bridgehead atoms. The summed E-state index contributed by atoms with van der Waals surface area (Å²) < 4.78 is 5.30. The van der Waals surface area contributed by atoms with Gasteiger partial charge in [0.1, 0.15) is 5.75 Å². The van der Waals surface area contributed by atoms with Gasteiger partial charge in [-0.2, -0.15) is 0 Å². The number of hydrogen-bond acceptors (Lipinski definition) is 4. The molecule has 1 heterocycles. The molecule has 0 saturated heterocycles. The van der Waals surface area contributed by atoms with Crippen LogP contribution >= 0.6 is 11.8 Å². The molecule has 0 spiro atoms. The van der Waals surface area contributed by atoms with Gasteiger partial charge in [0.2, 0.25) is 5.91 Å². The van der Waals surface area contributed by atoms with Crippen LogP contribution in [0.1, 0.15) is 15.9 Å². The largest absolute Gasteiger partial charge is 0.496 e. The zero-order chi connectivity index (χ0) is 16.9. The van der Waals surface area contributed by atoms with Gasteiger partial charge in [-0.15, -0.1) is 11.8 Å². The average molecular weight is 342 g/mol. The van der Waals surface area contributed by atoms with E-state index in [0.29, 0.717) is 30.0 Å². The molecule has 2 aromatic carbocycles. The van der Waals surface area contributed by atoms with Crippen molar-refractivity contribution in [2.75, 3.05) is 24.7 Å². The lowest BCUT2D eigenvalue weighted by atomic mass is 10.1. The monoisotopic (exact) mass is 342 g/mol. The molecule has 3 rings (SSSR count). The van der Waals surface area contributed by atoms with E-state index in [1.165, 1.54) is 11.8 Å². The second kappa shape index (κ2) is 7.40. The minimum atomic E-state index is -0.155. The molecule has 124 valence electrons. The number of para-hydroxylation sites is 1. The molecule has 2 aromatic rings. The number of ether oxygens (including phenoxy) is 1. The first-order valence-corrected chi connectivity index (χ1v) is 8.63. The van der Waals surface area contributed by atoms with Crippen LogP contribution in [0.4, 0.5) is 5.69 Å². The van der Waals surface area contributed by atoms with Gasteiger partial charge in [-0.1, -0.05) is 18.2 Å². The molecule has 1 aliphatic rings. The predicted molar refractivity (Wildman–Crippen MR) is 94.8 cm³/mol. The summed E-state index contributed by atoms with van der Waals surface area (Å²) in [5.41, 5.74) is 2.29. The second-order valence-corrected chi connectivity index (χ2v) is 6.38. The molecule has 0 saturated carbocycles. The van der Waals surface area contributed by atoms with Crippen molar-refractivity contribution in [1.82, 2.24) is 5.32 Å². The first kappa shape index (κ1) is 16.4. The summed E-state index contributed by atoms with van der Waals surface area (Å²) in [6.07, 6.45) is 0.688. The van der Waals surface area contributed by atoms with Gasteiger partial charge in [-0.05, 0) is 36.2 Å². The fraction of sp³-hybridized carbons (Fsp3) is 0.222. The number of hydrogen-bond donors (Lipinski definition) is 2. The van der Waals surface area contributed by atoms with Crippen LogP contribution in [-0.2, 0) is 11.2 Å². The van der Waals surface area contributed by atoms with Crippen molar-refractivity contribution < 1.29 is 14.3 Å². The van der Waals surface area contributed by atoms with Gasteiger partial charge in [-0.3, -0.25) is 9.59 Å². The zero-order valence-electron chi connectivity index (χ0n) is 13.3. The summed E-state index contributed by atoms with van der Waals surface area (Å²) in [7, 11) is 1.64. The summed E-state index contributed by atoms with van der Waals surface area (Å²) in [5, 5.41) is 5.70. The van der Waals surface area contributed by atoms with Crippen molar-refractivity contribution in [1.29, 1.82) is 0 Å². The van der Waals surface area contributed by atoms with Crippen molar-refractivity contribution in [3.05, 3.63) is 53.6 Å². The highest BCUT2D eigenvalue weighted by Crippen LogP contribution is 2.31. The summed E-state index contributed by atoms with van der Waals surface area (Å²) in [5.74, 6) is 1.04. The van der Waals surface area contributed by atoms with Crippen molar-refractivity contribution in [2.45, 2.75) is 11.3 Å². The maximum Gasteiger partial charge on any atom is 0.251 e. The average Bonchev–Trinajstić information content (AvgIpc) is 2.61. The van der Waals surface area contributed by atoms with E-state index in [1.807, 2.05) is 30.3 Å². The third kappa shape index (κ3) is 3.71. The highest BCUT2D eigenvalue weighted by Gasteiger charge is 2.17. The molecule has 0 aliphatic carbocycles. The van der Waals surface area contributed by atoms with Crippen LogP contribution in [0.25, 0.3) is 0 Å². The Morgan fingerprint density at radius 3 is 2.96 bits per heavy atom. The summed E-state index contributed by atoms with van der Waals surface area (Å²) in [6.45, 7) is 0.511. The van der Waals surface area contributed by atoms with E-state index in [2.05, 4.69) is 10.6 Å². The van der Waals surface area contributed by atoms with E-state index in [9.17, 15) is 9.59 Å². The molecule has 0 atom stereocenters. The number of thioether (sulfide) groups is 1. The van der Waals surface area contributed by atoms with Crippen LogP contribution in [0.5, 0.6) is 5.75 Å². The smallest absolute Gasteiger partial charge is 0.251 e. The molecule has 0 unspecified atom stereocenters. The van der Waals surface area contributed by atoms with E-state index >= 15 is 0 Å². The minimum Gasteiger partial charge on any atom is -0.496 e. The molecule has 0 fully saturated rings.